The lowest BCUT2D eigenvalue weighted by molar-refractivity contribution is 0.0577. The van der Waals surface area contributed by atoms with E-state index in [0.717, 1.165) is 25.9 Å². The zero-order valence-corrected chi connectivity index (χ0v) is 13.9. The van der Waals surface area contributed by atoms with Crippen molar-refractivity contribution in [3.05, 3.63) is 24.3 Å². The predicted molar refractivity (Wildman–Crippen MR) is 84.6 cm³/mol. The van der Waals surface area contributed by atoms with Gasteiger partial charge in [0, 0.05) is 19.1 Å². The minimum atomic E-state index is -3.61. The number of para-hydroxylation sites is 1. The number of methoxy groups -OCH3 is 2. The van der Waals surface area contributed by atoms with E-state index in [4.69, 9.17) is 9.47 Å². The maximum atomic E-state index is 12.6. The fraction of sp³-hybridized carbons (Fsp3) is 0.600. The van der Waals surface area contributed by atoms with Crippen LogP contribution in [0.5, 0.6) is 5.75 Å². The van der Waals surface area contributed by atoms with Gasteiger partial charge in [0.1, 0.15) is 10.6 Å². The molecule has 2 N–H and O–H groups in total. The van der Waals surface area contributed by atoms with Crippen molar-refractivity contribution >= 4 is 10.0 Å². The fourth-order valence-corrected chi connectivity index (χ4v) is 4.13. The molecule has 1 aliphatic rings. The maximum Gasteiger partial charge on any atom is 0.244 e. The van der Waals surface area contributed by atoms with Gasteiger partial charge in [-0.2, -0.15) is 0 Å². The van der Waals surface area contributed by atoms with Crippen LogP contribution in [0, 0.1) is 5.41 Å². The van der Waals surface area contributed by atoms with E-state index >= 15 is 0 Å². The Morgan fingerprint density at radius 2 is 1.91 bits per heavy atom. The summed E-state index contributed by atoms with van der Waals surface area (Å²) in [5, 5.41) is 3.29. The standard InChI is InChI=1S/C15H24N2O4S/c1-20-12-15(7-9-16-10-8-15)11-17-22(18,19)14-6-4-3-5-13(14)21-2/h3-6,16-17H,7-12H2,1-2H3. The van der Waals surface area contributed by atoms with Crippen molar-refractivity contribution in [3.8, 4) is 5.75 Å². The van der Waals surface area contributed by atoms with E-state index in [1.165, 1.54) is 7.11 Å². The highest BCUT2D eigenvalue weighted by Crippen LogP contribution is 2.29. The van der Waals surface area contributed by atoms with Crippen molar-refractivity contribution in [1.29, 1.82) is 0 Å². The Balaban J connectivity index is 2.14. The van der Waals surface area contributed by atoms with Gasteiger partial charge in [-0.25, -0.2) is 13.1 Å². The van der Waals surface area contributed by atoms with Crippen LogP contribution >= 0.6 is 0 Å². The van der Waals surface area contributed by atoms with Crippen LogP contribution in [-0.4, -0.2) is 48.9 Å². The molecule has 7 heteroatoms. The Hall–Kier alpha value is -1.15. The summed E-state index contributed by atoms with van der Waals surface area (Å²) >= 11 is 0. The summed E-state index contributed by atoms with van der Waals surface area (Å²) in [6.07, 6.45) is 1.77. The lowest BCUT2D eigenvalue weighted by Gasteiger charge is -2.37. The highest BCUT2D eigenvalue weighted by molar-refractivity contribution is 7.89. The first kappa shape index (κ1) is 17.2. The summed E-state index contributed by atoms with van der Waals surface area (Å²) in [7, 11) is -0.493. The predicted octanol–water partition coefficient (Wildman–Crippen LogP) is 0.990. The minimum absolute atomic E-state index is 0.158. The van der Waals surface area contributed by atoms with Crippen molar-refractivity contribution in [3.63, 3.8) is 0 Å². The number of benzene rings is 1. The second-order valence-electron chi connectivity index (χ2n) is 5.66. The van der Waals surface area contributed by atoms with Gasteiger partial charge in [0.15, 0.2) is 0 Å². The van der Waals surface area contributed by atoms with Crippen LogP contribution in [0.3, 0.4) is 0 Å². The summed E-state index contributed by atoms with van der Waals surface area (Å²) < 4.78 is 38.3. The van der Waals surface area contributed by atoms with E-state index in [-0.39, 0.29) is 10.3 Å². The van der Waals surface area contributed by atoms with Crippen molar-refractivity contribution in [2.45, 2.75) is 17.7 Å². The first-order chi connectivity index (χ1) is 10.5. The number of nitrogens with one attached hydrogen (secondary N) is 2. The zero-order valence-electron chi connectivity index (χ0n) is 13.1. The molecule has 0 radical (unpaired) electrons. The molecule has 0 saturated carbocycles. The molecule has 1 aromatic rings. The van der Waals surface area contributed by atoms with E-state index in [9.17, 15) is 8.42 Å². The summed E-state index contributed by atoms with van der Waals surface area (Å²) in [5.74, 6) is 0.348. The molecular formula is C15H24N2O4S. The molecule has 1 saturated heterocycles. The molecule has 0 bridgehead atoms. The van der Waals surface area contributed by atoms with Gasteiger partial charge in [0.05, 0.1) is 13.7 Å². The Morgan fingerprint density at radius 1 is 1.23 bits per heavy atom. The second-order valence-corrected chi connectivity index (χ2v) is 7.39. The van der Waals surface area contributed by atoms with Gasteiger partial charge in [-0.1, -0.05) is 12.1 Å². The quantitative estimate of drug-likeness (QED) is 0.780. The van der Waals surface area contributed by atoms with Gasteiger partial charge in [-0.3, -0.25) is 0 Å². The van der Waals surface area contributed by atoms with Gasteiger partial charge < -0.3 is 14.8 Å². The van der Waals surface area contributed by atoms with Crippen molar-refractivity contribution < 1.29 is 17.9 Å². The second kappa shape index (κ2) is 7.41. The third-order valence-electron chi connectivity index (χ3n) is 4.11. The number of hydrogen-bond acceptors (Lipinski definition) is 5. The van der Waals surface area contributed by atoms with Crippen LogP contribution in [0.15, 0.2) is 29.2 Å². The van der Waals surface area contributed by atoms with Crippen LogP contribution in [0.25, 0.3) is 0 Å². The summed E-state index contributed by atoms with van der Waals surface area (Å²) in [4.78, 5) is 0.166. The normalized spacial score (nSPS) is 18.1. The maximum absolute atomic E-state index is 12.6. The molecule has 0 atom stereocenters. The Kier molecular flexibility index (Phi) is 5.80. The van der Waals surface area contributed by atoms with E-state index in [2.05, 4.69) is 10.0 Å². The third-order valence-corrected chi connectivity index (χ3v) is 5.55. The van der Waals surface area contributed by atoms with Gasteiger partial charge in [-0.05, 0) is 38.1 Å². The van der Waals surface area contributed by atoms with Gasteiger partial charge in [0.25, 0.3) is 0 Å². The third kappa shape index (κ3) is 3.98. The van der Waals surface area contributed by atoms with Crippen LogP contribution in [0.4, 0.5) is 0 Å². The highest BCUT2D eigenvalue weighted by Gasteiger charge is 2.34. The van der Waals surface area contributed by atoms with Crippen molar-refractivity contribution in [2.75, 3.05) is 40.5 Å². The number of ether oxygens (including phenoxy) is 2. The first-order valence-corrected chi connectivity index (χ1v) is 8.84. The van der Waals surface area contributed by atoms with E-state index in [1.54, 1.807) is 31.4 Å². The first-order valence-electron chi connectivity index (χ1n) is 7.35. The summed E-state index contributed by atoms with van der Waals surface area (Å²) in [5.41, 5.74) is -0.158. The van der Waals surface area contributed by atoms with E-state index < -0.39 is 10.0 Å². The van der Waals surface area contributed by atoms with Crippen LogP contribution < -0.4 is 14.8 Å². The highest BCUT2D eigenvalue weighted by atomic mass is 32.2. The average Bonchev–Trinajstić information content (AvgIpc) is 2.54. The van der Waals surface area contributed by atoms with Crippen LogP contribution in [0.2, 0.25) is 0 Å². The minimum Gasteiger partial charge on any atom is -0.495 e. The average molecular weight is 328 g/mol. The molecule has 124 valence electrons. The molecule has 1 heterocycles. The number of piperidine rings is 1. The molecule has 0 aromatic heterocycles. The molecule has 6 nitrogen and oxygen atoms in total. The van der Waals surface area contributed by atoms with Crippen molar-refractivity contribution in [2.24, 2.45) is 5.41 Å². The van der Waals surface area contributed by atoms with Gasteiger partial charge in [0.2, 0.25) is 10.0 Å². The van der Waals surface area contributed by atoms with Crippen LogP contribution in [-0.2, 0) is 14.8 Å². The zero-order chi connectivity index (χ0) is 16.1. The number of sulfonamides is 1. The van der Waals surface area contributed by atoms with Gasteiger partial charge >= 0.3 is 0 Å². The molecular weight excluding hydrogens is 304 g/mol. The van der Waals surface area contributed by atoms with Crippen LogP contribution in [0.1, 0.15) is 12.8 Å². The van der Waals surface area contributed by atoms with Gasteiger partial charge in [-0.15, -0.1) is 0 Å². The Morgan fingerprint density at radius 3 is 2.55 bits per heavy atom. The van der Waals surface area contributed by atoms with E-state index in [1.807, 2.05) is 0 Å². The molecule has 2 rings (SSSR count). The lowest BCUT2D eigenvalue weighted by Crippen LogP contribution is -2.47. The summed E-state index contributed by atoms with van der Waals surface area (Å²) in [6.45, 7) is 2.66. The smallest absolute Gasteiger partial charge is 0.244 e. The monoisotopic (exact) mass is 328 g/mol. The lowest BCUT2D eigenvalue weighted by atomic mass is 9.80. The summed E-state index contributed by atoms with van der Waals surface area (Å²) in [6, 6.07) is 6.63. The molecule has 1 fully saturated rings. The van der Waals surface area contributed by atoms with E-state index in [0.29, 0.717) is 18.9 Å². The Bertz CT molecular complexity index is 577. The molecule has 0 amide bonds. The number of hydrogen-bond donors (Lipinski definition) is 2. The molecule has 0 unspecified atom stereocenters. The SMILES string of the molecule is COCC1(CNS(=O)(=O)c2ccccc2OC)CCNCC1. The molecule has 1 aromatic carbocycles. The molecule has 0 spiro atoms. The topological polar surface area (TPSA) is 76.7 Å². The van der Waals surface area contributed by atoms with Crippen molar-refractivity contribution in [1.82, 2.24) is 10.0 Å². The molecule has 0 aliphatic carbocycles. The molecule has 1 aliphatic heterocycles. The number of rotatable bonds is 7. The fourth-order valence-electron chi connectivity index (χ4n) is 2.80. The Labute approximate surface area is 132 Å². The largest absolute Gasteiger partial charge is 0.495 e. The molecule has 22 heavy (non-hydrogen) atoms.